The van der Waals surface area contributed by atoms with E-state index >= 15 is 0 Å². The van der Waals surface area contributed by atoms with Crippen LogP contribution in [0, 0.1) is 5.82 Å². The third kappa shape index (κ3) is 8.53. The summed E-state index contributed by atoms with van der Waals surface area (Å²) in [5.41, 5.74) is 1.43. The van der Waals surface area contributed by atoms with E-state index < -0.39 is 0 Å². The largest absolute Gasteiger partial charge is 0.489 e. The molecule has 0 saturated heterocycles. The smallest absolute Gasteiger partial charge is 0.191 e. The maximum absolute atomic E-state index is 12.9. The summed E-state index contributed by atoms with van der Waals surface area (Å²) in [6.07, 6.45) is 4.09. The van der Waals surface area contributed by atoms with Gasteiger partial charge in [0.15, 0.2) is 5.96 Å². The molecule has 1 heterocycles. The van der Waals surface area contributed by atoms with Gasteiger partial charge in [0.1, 0.15) is 17.7 Å². The Balaban J connectivity index is 0.00000312. The number of hydrogen-bond donors (Lipinski definition) is 2. The molecule has 1 unspecified atom stereocenters. The first kappa shape index (κ1) is 21.7. The van der Waals surface area contributed by atoms with Gasteiger partial charge in [-0.05, 0) is 44.0 Å². The Morgan fingerprint density at radius 2 is 2.08 bits per heavy atom. The van der Waals surface area contributed by atoms with Crippen molar-refractivity contribution in [3.63, 3.8) is 0 Å². The summed E-state index contributed by atoms with van der Waals surface area (Å²) in [5.74, 6) is 1.13. The van der Waals surface area contributed by atoms with Gasteiger partial charge in [-0.15, -0.1) is 24.0 Å². The van der Waals surface area contributed by atoms with E-state index in [4.69, 9.17) is 9.47 Å². The highest BCUT2D eigenvalue weighted by atomic mass is 127. The summed E-state index contributed by atoms with van der Waals surface area (Å²) in [7, 11) is 1.74. The fourth-order valence-corrected chi connectivity index (χ4v) is 2.38. The number of rotatable bonds is 7. The highest BCUT2D eigenvalue weighted by Crippen LogP contribution is 2.13. The first-order valence-electron chi connectivity index (χ1n) is 8.30. The molecular formula is C18H27FIN3O2. The maximum atomic E-state index is 12.9. The third-order valence-corrected chi connectivity index (χ3v) is 3.73. The van der Waals surface area contributed by atoms with Crippen molar-refractivity contribution in [2.75, 3.05) is 33.4 Å². The molecule has 0 saturated carbocycles. The van der Waals surface area contributed by atoms with Crippen LogP contribution in [-0.2, 0) is 4.74 Å². The van der Waals surface area contributed by atoms with Crippen LogP contribution in [0.5, 0.6) is 5.75 Å². The van der Waals surface area contributed by atoms with E-state index in [2.05, 4.69) is 21.7 Å². The Labute approximate surface area is 166 Å². The molecule has 0 amide bonds. The quantitative estimate of drug-likeness (QED) is 0.283. The van der Waals surface area contributed by atoms with Gasteiger partial charge < -0.3 is 20.1 Å². The minimum Gasteiger partial charge on any atom is -0.489 e. The lowest BCUT2D eigenvalue weighted by atomic mass is 10.1. The van der Waals surface area contributed by atoms with Gasteiger partial charge in [0, 0.05) is 13.6 Å². The Hall–Kier alpha value is -1.35. The van der Waals surface area contributed by atoms with Gasteiger partial charge in [-0.1, -0.05) is 11.6 Å². The fraction of sp³-hybridized carbons (Fsp3) is 0.500. The summed E-state index contributed by atoms with van der Waals surface area (Å²) in [5, 5.41) is 6.53. The zero-order chi connectivity index (χ0) is 17.2. The van der Waals surface area contributed by atoms with Crippen molar-refractivity contribution in [2.24, 2.45) is 4.99 Å². The molecule has 0 spiro atoms. The molecule has 25 heavy (non-hydrogen) atoms. The summed E-state index contributed by atoms with van der Waals surface area (Å²) in [6, 6.07) is 6.03. The van der Waals surface area contributed by atoms with Gasteiger partial charge in [0.25, 0.3) is 0 Å². The molecule has 1 aromatic carbocycles. The molecule has 2 N–H and O–H groups in total. The molecule has 1 aliphatic heterocycles. The number of nitrogens with zero attached hydrogens (tertiary/aromatic N) is 1. The van der Waals surface area contributed by atoms with Gasteiger partial charge in [-0.2, -0.15) is 0 Å². The van der Waals surface area contributed by atoms with E-state index in [1.165, 1.54) is 17.7 Å². The lowest BCUT2D eigenvalue weighted by Crippen LogP contribution is -2.42. The summed E-state index contributed by atoms with van der Waals surface area (Å²) >= 11 is 0. The molecule has 0 radical (unpaired) electrons. The molecule has 0 aromatic heterocycles. The van der Waals surface area contributed by atoms with E-state index in [0.717, 1.165) is 38.6 Å². The molecule has 1 aromatic rings. The second kappa shape index (κ2) is 12.1. The fourth-order valence-electron chi connectivity index (χ4n) is 2.38. The van der Waals surface area contributed by atoms with Gasteiger partial charge >= 0.3 is 0 Å². The SMILES string of the molecule is CN=C(NCCC1=CCOCC1)NCC(C)Oc1ccc(F)cc1.I. The number of aliphatic imine (C=N–C) groups is 1. The van der Waals surface area contributed by atoms with Gasteiger partial charge in [0.2, 0.25) is 0 Å². The number of nitrogens with one attached hydrogen (secondary N) is 2. The Kier molecular flexibility index (Phi) is 10.5. The predicted octanol–water partition coefficient (Wildman–Crippen LogP) is 3.11. The van der Waals surface area contributed by atoms with Crippen LogP contribution < -0.4 is 15.4 Å². The molecule has 2 rings (SSSR count). The van der Waals surface area contributed by atoms with Gasteiger partial charge in [-0.3, -0.25) is 4.99 Å². The van der Waals surface area contributed by atoms with Crippen LogP contribution in [0.15, 0.2) is 40.9 Å². The van der Waals surface area contributed by atoms with Crippen LogP contribution >= 0.6 is 24.0 Å². The number of hydrogen-bond acceptors (Lipinski definition) is 3. The highest BCUT2D eigenvalue weighted by molar-refractivity contribution is 14.0. The molecule has 0 fully saturated rings. The number of guanidine groups is 1. The second-order valence-electron chi connectivity index (χ2n) is 5.70. The zero-order valence-electron chi connectivity index (χ0n) is 14.8. The summed E-state index contributed by atoms with van der Waals surface area (Å²) < 4.78 is 23.9. The van der Waals surface area contributed by atoms with E-state index in [1.807, 2.05) is 6.92 Å². The van der Waals surface area contributed by atoms with Crippen LogP contribution in [0.4, 0.5) is 4.39 Å². The molecule has 0 bridgehead atoms. The minimum absolute atomic E-state index is 0. The average molecular weight is 463 g/mol. The molecule has 1 atom stereocenters. The number of halogens is 2. The van der Waals surface area contributed by atoms with Crippen molar-refractivity contribution in [1.29, 1.82) is 0 Å². The third-order valence-electron chi connectivity index (χ3n) is 3.73. The number of ether oxygens (including phenoxy) is 2. The maximum Gasteiger partial charge on any atom is 0.191 e. The van der Waals surface area contributed by atoms with Crippen LogP contribution in [0.2, 0.25) is 0 Å². The second-order valence-corrected chi connectivity index (χ2v) is 5.70. The van der Waals surface area contributed by atoms with Crippen molar-refractivity contribution in [3.05, 3.63) is 41.7 Å². The summed E-state index contributed by atoms with van der Waals surface area (Å²) in [6.45, 7) is 4.93. The Morgan fingerprint density at radius 3 is 2.72 bits per heavy atom. The first-order valence-corrected chi connectivity index (χ1v) is 8.30. The van der Waals surface area contributed by atoms with Crippen molar-refractivity contribution in [2.45, 2.75) is 25.9 Å². The van der Waals surface area contributed by atoms with Crippen LogP contribution in [0.3, 0.4) is 0 Å². The van der Waals surface area contributed by atoms with E-state index in [1.54, 1.807) is 19.2 Å². The normalized spacial score (nSPS) is 15.6. The Bertz CT molecular complexity index is 564. The lowest BCUT2D eigenvalue weighted by molar-refractivity contribution is 0.153. The average Bonchev–Trinajstić information content (AvgIpc) is 2.61. The monoisotopic (exact) mass is 463 g/mol. The predicted molar refractivity (Wildman–Crippen MR) is 109 cm³/mol. The van der Waals surface area contributed by atoms with Crippen molar-refractivity contribution in [1.82, 2.24) is 10.6 Å². The lowest BCUT2D eigenvalue weighted by Gasteiger charge is -2.18. The molecule has 5 nitrogen and oxygen atoms in total. The van der Waals surface area contributed by atoms with Gasteiger partial charge in [0.05, 0.1) is 19.8 Å². The summed E-state index contributed by atoms with van der Waals surface area (Å²) in [4.78, 5) is 4.21. The van der Waals surface area contributed by atoms with Crippen LogP contribution in [0.1, 0.15) is 19.8 Å². The van der Waals surface area contributed by atoms with E-state index in [-0.39, 0.29) is 35.9 Å². The van der Waals surface area contributed by atoms with Crippen molar-refractivity contribution < 1.29 is 13.9 Å². The van der Waals surface area contributed by atoms with E-state index in [9.17, 15) is 4.39 Å². The van der Waals surface area contributed by atoms with Gasteiger partial charge in [-0.25, -0.2) is 4.39 Å². The van der Waals surface area contributed by atoms with Crippen LogP contribution in [0.25, 0.3) is 0 Å². The molecule has 1 aliphatic rings. The van der Waals surface area contributed by atoms with Crippen molar-refractivity contribution in [3.8, 4) is 5.75 Å². The molecule has 7 heteroatoms. The highest BCUT2D eigenvalue weighted by Gasteiger charge is 2.07. The van der Waals surface area contributed by atoms with Crippen molar-refractivity contribution >= 4 is 29.9 Å². The molecule has 140 valence electrons. The first-order chi connectivity index (χ1) is 11.7. The molecular weight excluding hydrogens is 436 g/mol. The van der Waals surface area contributed by atoms with Crippen LogP contribution in [-0.4, -0.2) is 45.4 Å². The zero-order valence-corrected chi connectivity index (χ0v) is 17.1. The standard InChI is InChI=1S/C18H26FN3O2.HI/c1-14(24-17-5-3-16(19)4-6-17)13-22-18(20-2)21-10-7-15-8-11-23-12-9-15;/h3-6,8,14H,7,9-13H2,1-2H3,(H2,20,21,22);1H. The number of benzene rings is 1. The Morgan fingerprint density at radius 1 is 1.32 bits per heavy atom. The van der Waals surface area contributed by atoms with E-state index in [0.29, 0.717) is 12.3 Å². The minimum atomic E-state index is -0.266. The molecule has 0 aliphatic carbocycles. The topological polar surface area (TPSA) is 54.9 Å².